The maximum Gasteiger partial charge on any atom is 0.404 e. The van der Waals surface area contributed by atoms with Crippen molar-refractivity contribution < 1.29 is 23.8 Å². The van der Waals surface area contributed by atoms with E-state index in [-0.39, 0.29) is 13.2 Å². The molecule has 0 aromatic heterocycles. The molecule has 0 bridgehead atoms. The number of hydrogen-bond acceptors (Lipinski definition) is 4. The summed E-state index contributed by atoms with van der Waals surface area (Å²) in [6.07, 6.45) is -1.95. The molecule has 3 N–H and O–H groups in total. The molecule has 0 saturated carbocycles. The van der Waals surface area contributed by atoms with Gasteiger partial charge in [-0.2, -0.15) is 0 Å². The molecule has 0 aliphatic carbocycles. The monoisotopic (exact) mass is 255 g/mol. The Morgan fingerprint density at radius 1 is 1.61 bits per heavy atom. The minimum absolute atomic E-state index is 0.0455. The molecule has 1 unspecified atom stereocenters. The van der Waals surface area contributed by atoms with Gasteiger partial charge in [0, 0.05) is 12.0 Å². The number of halogens is 1. The molecule has 0 saturated heterocycles. The topological polar surface area (TPSA) is 81.8 Å². The zero-order valence-electron chi connectivity index (χ0n) is 9.64. The number of benzene rings is 1. The molecule has 1 aromatic carbocycles. The van der Waals surface area contributed by atoms with Gasteiger partial charge in [-0.1, -0.05) is 12.1 Å². The molecular weight excluding hydrogens is 241 g/mol. The van der Waals surface area contributed by atoms with E-state index in [1.807, 2.05) is 0 Å². The summed E-state index contributed by atoms with van der Waals surface area (Å²) in [5.74, 6) is -0.435. The van der Waals surface area contributed by atoms with E-state index in [1.54, 1.807) is 12.1 Å². The lowest BCUT2D eigenvalue weighted by Gasteiger charge is -2.29. The average molecular weight is 255 g/mol. The number of nitrogens with two attached hydrogens (primary N) is 1. The van der Waals surface area contributed by atoms with Gasteiger partial charge in [-0.05, 0) is 11.6 Å². The average Bonchev–Trinajstić information content (AvgIpc) is 2.32. The maximum atomic E-state index is 13.8. The molecule has 0 fully saturated rings. The van der Waals surface area contributed by atoms with Gasteiger partial charge in [0.2, 0.25) is 0 Å². The summed E-state index contributed by atoms with van der Waals surface area (Å²) >= 11 is 0. The molecule has 1 aromatic rings. The predicted molar refractivity (Wildman–Crippen MR) is 60.2 cm³/mol. The van der Waals surface area contributed by atoms with Gasteiger partial charge in [0.25, 0.3) is 0 Å². The highest BCUT2D eigenvalue weighted by atomic mass is 19.1. The normalized spacial score (nSPS) is 22.3. The van der Waals surface area contributed by atoms with Crippen molar-refractivity contribution in [3.63, 3.8) is 0 Å². The zero-order chi connectivity index (χ0) is 13.1. The number of hydrogen-bond donors (Lipinski definition) is 2. The predicted octanol–water partition coefficient (Wildman–Crippen LogP) is 1.42. The van der Waals surface area contributed by atoms with Crippen molar-refractivity contribution in [2.24, 2.45) is 5.73 Å². The molecule has 1 aliphatic heterocycles. The van der Waals surface area contributed by atoms with Crippen LogP contribution in [0, 0.1) is 5.82 Å². The molecule has 0 radical (unpaired) electrons. The number of aliphatic hydroxyl groups excluding tert-OH is 1. The Morgan fingerprint density at radius 3 is 3.11 bits per heavy atom. The van der Waals surface area contributed by atoms with Gasteiger partial charge in [-0.3, -0.25) is 0 Å². The Bertz CT molecular complexity index is 452. The fourth-order valence-electron chi connectivity index (χ4n) is 2.06. The number of primary amides is 1. The lowest BCUT2D eigenvalue weighted by Crippen LogP contribution is -2.24. The van der Waals surface area contributed by atoms with E-state index in [0.29, 0.717) is 17.5 Å². The number of aliphatic hydroxyl groups is 1. The van der Waals surface area contributed by atoms with Crippen molar-refractivity contribution in [2.75, 3.05) is 13.2 Å². The van der Waals surface area contributed by atoms with Crippen LogP contribution in [0.15, 0.2) is 18.2 Å². The number of amides is 1. The molecule has 5 nitrogen and oxygen atoms in total. The van der Waals surface area contributed by atoms with Crippen molar-refractivity contribution in [3.8, 4) is 0 Å². The summed E-state index contributed by atoms with van der Waals surface area (Å²) in [6.45, 7) is 0.140. The van der Waals surface area contributed by atoms with E-state index in [1.165, 1.54) is 6.07 Å². The van der Waals surface area contributed by atoms with Crippen molar-refractivity contribution in [3.05, 3.63) is 35.1 Å². The van der Waals surface area contributed by atoms with Crippen LogP contribution in [-0.4, -0.2) is 24.4 Å². The second kappa shape index (κ2) is 5.32. The van der Waals surface area contributed by atoms with E-state index in [2.05, 4.69) is 4.74 Å². The van der Waals surface area contributed by atoms with Crippen LogP contribution in [0.4, 0.5) is 9.18 Å². The number of ether oxygens (including phenoxy) is 2. The third-order valence-electron chi connectivity index (χ3n) is 2.85. The lowest BCUT2D eigenvalue weighted by molar-refractivity contribution is -0.0412. The second-order valence-corrected chi connectivity index (χ2v) is 4.04. The van der Waals surface area contributed by atoms with Gasteiger partial charge in [0.1, 0.15) is 11.9 Å². The summed E-state index contributed by atoms with van der Waals surface area (Å²) in [6, 6.07) is 4.51. The summed E-state index contributed by atoms with van der Waals surface area (Å²) < 4.78 is 23.7. The van der Waals surface area contributed by atoms with Crippen LogP contribution in [0.1, 0.15) is 29.8 Å². The molecule has 2 rings (SSSR count). The highest BCUT2D eigenvalue weighted by Gasteiger charge is 2.29. The summed E-state index contributed by atoms with van der Waals surface area (Å²) in [5, 5.41) is 9.72. The highest BCUT2D eigenvalue weighted by molar-refractivity contribution is 5.64. The first-order valence-corrected chi connectivity index (χ1v) is 5.60. The van der Waals surface area contributed by atoms with Crippen LogP contribution >= 0.6 is 0 Å². The molecule has 0 spiro atoms. The van der Waals surface area contributed by atoms with E-state index >= 15 is 0 Å². The minimum Gasteiger partial charge on any atom is -0.450 e. The Hall–Kier alpha value is -1.66. The quantitative estimate of drug-likeness (QED) is 0.855. The Labute approximate surface area is 103 Å². The van der Waals surface area contributed by atoms with Crippen molar-refractivity contribution in [2.45, 2.75) is 18.6 Å². The fourth-order valence-corrected chi connectivity index (χ4v) is 2.06. The third-order valence-corrected chi connectivity index (χ3v) is 2.85. The largest absolute Gasteiger partial charge is 0.450 e. The van der Waals surface area contributed by atoms with E-state index in [9.17, 15) is 14.3 Å². The second-order valence-electron chi connectivity index (χ2n) is 4.04. The zero-order valence-corrected chi connectivity index (χ0v) is 9.64. The van der Waals surface area contributed by atoms with E-state index in [0.717, 1.165) is 0 Å². The molecule has 98 valence electrons. The fraction of sp³-hybridized carbons (Fsp3) is 0.417. The summed E-state index contributed by atoms with van der Waals surface area (Å²) in [5.41, 5.74) is 5.68. The van der Waals surface area contributed by atoms with Crippen LogP contribution in [0.2, 0.25) is 0 Å². The first kappa shape index (κ1) is 12.8. The highest BCUT2D eigenvalue weighted by Crippen LogP contribution is 2.36. The summed E-state index contributed by atoms with van der Waals surface area (Å²) in [4.78, 5) is 10.5. The Kier molecular flexibility index (Phi) is 3.78. The van der Waals surface area contributed by atoms with Gasteiger partial charge in [-0.15, -0.1) is 0 Å². The van der Waals surface area contributed by atoms with Gasteiger partial charge in [0.05, 0.1) is 19.3 Å². The van der Waals surface area contributed by atoms with Crippen molar-refractivity contribution in [1.82, 2.24) is 0 Å². The molecule has 1 aliphatic rings. The van der Waals surface area contributed by atoms with Gasteiger partial charge in [0.15, 0.2) is 0 Å². The molecule has 6 heteroatoms. The Morgan fingerprint density at radius 2 is 2.39 bits per heavy atom. The molecule has 18 heavy (non-hydrogen) atoms. The molecular formula is C12H14FNO4. The summed E-state index contributed by atoms with van der Waals surface area (Å²) in [7, 11) is 0. The van der Waals surface area contributed by atoms with Crippen molar-refractivity contribution >= 4 is 6.09 Å². The minimum atomic E-state index is -0.875. The van der Waals surface area contributed by atoms with Crippen LogP contribution in [0.3, 0.4) is 0 Å². The van der Waals surface area contributed by atoms with Crippen LogP contribution in [0.5, 0.6) is 0 Å². The first-order valence-electron chi connectivity index (χ1n) is 5.60. The van der Waals surface area contributed by atoms with E-state index < -0.39 is 24.1 Å². The number of fused-ring (bicyclic) bond motifs is 1. The van der Waals surface area contributed by atoms with Crippen LogP contribution in [0.25, 0.3) is 0 Å². The van der Waals surface area contributed by atoms with Crippen LogP contribution in [-0.2, 0) is 9.47 Å². The number of rotatable bonds is 3. The van der Waals surface area contributed by atoms with Crippen LogP contribution < -0.4 is 5.73 Å². The van der Waals surface area contributed by atoms with E-state index in [4.69, 9.17) is 10.5 Å². The third kappa shape index (κ3) is 2.60. The molecule has 1 heterocycles. The smallest absolute Gasteiger partial charge is 0.404 e. The van der Waals surface area contributed by atoms with Gasteiger partial charge < -0.3 is 20.3 Å². The molecule has 1 amide bonds. The number of carbonyl (C=O) groups is 1. The SMILES string of the molecule is NC(=O)OCCC1OC[C@@H](O)c2cccc(F)c21. The first-order chi connectivity index (χ1) is 8.59. The standard InChI is InChI=1S/C12H14FNO4/c13-8-3-1-2-7-9(15)6-18-10(11(7)8)4-5-17-12(14)16/h1-3,9-10,15H,4-6H2,(H2,14,16)/t9-,10?/m1/s1. The van der Waals surface area contributed by atoms with Gasteiger partial charge in [-0.25, -0.2) is 9.18 Å². The number of carbonyl (C=O) groups excluding carboxylic acids is 1. The lowest BCUT2D eigenvalue weighted by atomic mass is 9.94. The maximum absolute atomic E-state index is 13.8. The molecule has 2 atom stereocenters. The Balaban J connectivity index is 2.15. The van der Waals surface area contributed by atoms with Crippen molar-refractivity contribution in [1.29, 1.82) is 0 Å². The van der Waals surface area contributed by atoms with Gasteiger partial charge >= 0.3 is 6.09 Å².